The highest BCUT2D eigenvalue weighted by molar-refractivity contribution is 6.30. The summed E-state index contributed by atoms with van der Waals surface area (Å²) in [6.07, 6.45) is 3.12. The molecular formula is C15H21ClO2. The smallest absolute Gasteiger partial charge is 0.0908 e. The number of hydrogen-bond acceptors (Lipinski definition) is 2. The van der Waals surface area contributed by atoms with Crippen LogP contribution in [0.3, 0.4) is 0 Å². The first-order valence-corrected chi connectivity index (χ1v) is 7.02. The standard InChI is InChI=1S/C15H21ClO2/c1-11-5-7-15(18,8-6-11)14(17)10-12-3-2-4-13(16)9-12/h2-4,9,11,14,17-18H,5-8,10H2,1H3. The van der Waals surface area contributed by atoms with Gasteiger partial charge in [-0.05, 0) is 49.3 Å². The first-order chi connectivity index (χ1) is 8.49. The van der Waals surface area contributed by atoms with E-state index in [1.54, 1.807) is 0 Å². The summed E-state index contributed by atoms with van der Waals surface area (Å²) in [6, 6.07) is 7.47. The Labute approximate surface area is 114 Å². The molecule has 0 heterocycles. The van der Waals surface area contributed by atoms with Gasteiger partial charge in [-0.25, -0.2) is 0 Å². The van der Waals surface area contributed by atoms with E-state index in [1.165, 1.54) is 0 Å². The Morgan fingerprint density at radius 3 is 2.67 bits per heavy atom. The molecule has 0 saturated heterocycles. The molecule has 0 amide bonds. The predicted molar refractivity (Wildman–Crippen MR) is 73.7 cm³/mol. The molecule has 1 fully saturated rings. The van der Waals surface area contributed by atoms with Crippen molar-refractivity contribution < 1.29 is 10.2 Å². The maximum Gasteiger partial charge on any atom is 0.0908 e. The van der Waals surface area contributed by atoms with Crippen molar-refractivity contribution in [2.24, 2.45) is 5.92 Å². The molecule has 2 rings (SSSR count). The summed E-state index contributed by atoms with van der Waals surface area (Å²) < 4.78 is 0. The van der Waals surface area contributed by atoms with Crippen LogP contribution in [0.15, 0.2) is 24.3 Å². The van der Waals surface area contributed by atoms with Gasteiger partial charge in [-0.3, -0.25) is 0 Å². The Kier molecular flexibility index (Phi) is 4.31. The molecule has 0 aliphatic heterocycles. The zero-order chi connectivity index (χ0) is 13.2. The zero-order valence-electron chi connectivity index (χ0n) is 10.8. The quantitative estimate of drug-likeness (QED) is 0.884. The normalized spacial score (nSPS) is 30.1. The average molecular weight is 269 g/mol. The highest BCUT2D eigenvalue weighted by Crippen LogP contribution is 2.35. The molecule has 1 saturated carbocycles. The first kappa shape index (κ1) is 13.9. The van der Waals surface area contributed by atoms with Crippen LogP contribution in [0.2, 0.25) is 5.02 Å². The van der Waals surface area contributed by atoms with Crippen LogP contribution in [0.1, 0.15) is 38.2 Å². The molecule has 2 N–H and O–H groups in total. The molecule has 1 aromatic carbocycles. The van der Waals surface area contributed by atoms with Crippen LogP contribution in [0.5, 0.6) is 0 Å². The molecule has 1 aromatic rings. The fourth-order valence-corrected chi connectivity index (χ4v) is 2.89. The lowest BCUT2D eigenvalue weighted by molar-refractivity contribution is -0.102. The lowest BCUT2D eigenvalue weighted by atomic mass is 9.75. The lowest BCUT2D eigenvalue weighted by Crippen LogP contribution is -2.46. The van der Waals surface area contributed by atoms with Gasteiger partial charge in [-0.15, -0.1) is 0 Å². The van der Waals surface area contributed by atoms with Gasteiger partial charge in [0, 0.05) is 11.4 Å². The predicted octanol–water partition coefficient (Wildman–Crippen LogP) is 3.18. The van der Waals surface area contributed by atoms with E-state index in [0.29, 0.717) is 30.2 Å². The average Bonchev–Trinajstić information content (AvgIpc) is 2.33. The number of benzene rings is 1. The van der Waals surface area contributed by atoms with Crippen molar-refractivity contribution in [2.45, 2.75) is 50.7 Å². The van der Waals surface area contributed by atoms with Gasteiger partial charge in [0.15, 0.2) is 0 Å². The topological polar surface area (TPSA) is 40.5 Å². The molecule has 1 aliphatic carbocycles. The number of halogens is 1. The van der Waals surface area contributed by atoms with E-state index < -0.39 is 11.7 Å². The highest BCUT2D eigenvalue weighted by atomic mass is 35.5. The molecule has 1 aliphatic rings. The highest BCUT2D eigenvalue weighted by Gasteiger charge is 2.38. The Hall–Kier alpha value is -0.570. The summed E-state index contributed by atoms with van der Waals surface area (Å²) in [5.74, 6) is 0.656. The zero-order valence-corrected chi connectivity index (χ0v) is 11.5. The summed E-state index contributed by atoms with van der Waals surface area (Å²) in [7, 11) is 0. The van der Waals surface area contributed by atoms with Gasteiger partial charge < -0.3 is 10.2 Å². The number of aliphatic hydroxyl groups excluding tert-OH is 1. The van der Waals surface area contributed by atoms with Crippen LogP contribution in [0.4, 0.5) is 0 Å². The summed E-state index contributed by atoms with van der Waals surface area (Å²) in [4.78, 5) is 0. The second kappa shape index (κ2) is 5.60. The Balaban J connectivity index is 2.01. The molecule has 100 valence electrons. The minimum atomic E-state index is -0.922. The van der Waals surface area contributed by atoms with E-state index in [0.717, 1.165) is 18.4 Å². The summed E-state index contributed by atoms with van der Waals surface area (Å²) >= 11 is 5.92. The van der Waals surface area contributed by atoms with Crippen LogP contribution >= 0.6 is 11.6 Å². The van der Waals surface area contributed by atoms with Crippen molar-refractivity contribution in [1.29, 1.82) is 0 Å². The lowest BCUT2D eigenvalue weighted by Gasteiger charge is -2.38. The van der Waals surface area contributed by atoms with E-state index in [4.69, 9.17) is 11.6 Å². The molecule has 3 heteroatoms. The number of rotatable bonds is 3. The maximum atomic E-state index is 10.5. The Bertz CT molecular complexity index is 397. The minimum Gasteiger partial charge on any atom is -0.390 e. The van der Waals surface area contributed by atoms with E-state index in [2.05, 4.69) is 6.92 Å². The Morgan fingerprint density at radius 1 is 1.39 bits per heavy atom. The second-order valence-corrected chi connectivity index (χ2v) is 6.07. The van der Waals surface area contributed by atoms with E-state index in [-0.39, 0.29) is 0 Å². The van der Waals surface area contributed by atoms with Gasteiger partial charge in [-0.1, -0.05) is 30.7 Å². The van der Waals surface area contributed by atoms with Gasteiger partial charge in [0.25, 0.3) is 0 Å². The summed E-state index contributed by atoms with van der Waals surface area (Å²) in [6.45, 7) is 2.20. The molecule has 0 spiro atoms. The van der Waals surface area contributed by atoms with Crippen LogP contribution in [-0.4, -0.2) is 21.9 Å². The fourth-order valence-electron chi connectivity index (χ4n) is 2.67. The van der Waals surface area contributed by atoms with Crippen LogP contribution in [0, 0.1) is 5.92 Å². The fraction of sp³-hybridized carbons (Fsp3) is 0.600. The molecular weight excluding hydrogens is 248 g/mol. The molecule has 0 aromatic heterocycles. The molecule has 2 nitrogen and oxygen atoms in total. The molecule has 18 heavy (non-hydrogen) atoms. The van der Waals surface area contributed by atoms with Gasteiger partial charge in [0.2, 0.25) is 0 Å². The molecule has 1 unspecified atom stereocenters. The van der Waals surface area contributed by atoms with Crippen LogP contribution in [0.25, 0.3) is 0 Å². The van der Waals surface area contributed by atoms with Crippen LogP contribution in [-0.2, 0) is 6.42 Å². The van der Waals surface area contributed by atoms with Gasteiger partial charge in [0.1, 0.15) is 0 Å². The van der Waals surface area contributed by atoms with Crippen molar-refractivity contribution in [3.05, 3.63) is 34.9 Å². The molecule has 0 bridgehead atoms. The monoisotopic (exact) mass is 268 g/mol. The minimum absolute atomic E-state index is 0.464. The largest absolute Gasteiger partial charge is 0.390 e. The third-order valence-electron chi connectivity index (χ3n) is 4.08. The van der Waals surface area contributed by atoms with Crippen molar-refractivity contribution in [3.63, 3.8) is 0 Å². The maximum absolute atomic E-state index is 10.5. The molecule has 0 radical (unpaired) electrons. The van der Waals surface area contributed by atoms with Gasteiger partial charge in [-0.2, -0.15) is 0 Å². The van der Waals surface area contributed by atoms with E-state index >= 15 is 0 Å². The third-order valence-corrected chi connectivity index (χ3v) is 4.31. The second-order valence-electron chi connectivity index (χ2n) is 5.64. The number of hydrogen-bond donors (Lipinski definition) is 2. The number of aliphatic hydroxyl groups is 2. The van der Waals surface area contributed by atoms with E-state index in [9.17, 15) is 10.2 Å². The summed E-state index contributed by atoms with van der Waals surface area (Å²) in [5.41, 5.74) is 0.0523. The van der Waals surface area contributed by atoms with Crippen molar-refractivity contribution >= 4 is 11.6 Å². The first-order valence-electron chi connectivity index (χ1n) is 6.64. The van der Waals surface area contributed by atoms with Crippen molar-refractivity contribution in [1.82, 2.24) is 0 Å². The van der Waals surface area contributed by atoms with Gasteiger partial charge >= 0.3 is 0 Å². The van der Waals surface area contributed by atoms with Gasteiger partial charge in [0.05, 0.1) is 11.7 Å². The van der Waals surface area contributed by atoms with Crippen LogP contribution < -0.4 is 0 Å². The third kappa shape index (κ3) is 3.25. The van der Waals surface area contributed by atoms with E-state index in [1.807, 2.05) is 24.3 Å². The van der Waals surface area contributed by atoms with Crippen molar-refractivity contribution in [3.8, 4) is 0 Å². The summed E-state index contributed by atoms with van der Waals surface area (Å²) in [5, 5.41) is 21.4. The SMILES string of the molecule is CC1CCC(O)(C(O)Cc2cccc(Cl)c2)CC1. The van der Waals surface area contributed by atoms with Crippen molar-refractivity contribution in [2.75, 3.05) is 0 Å². The Morgan fingerprint density at radius 2 is 2.06 bits per heavy atom. The molecule has 1 atom stereocenters.